The second-order valence-electron chi connectivity index (χ2n) is 5.11. The number of nitrogens with zero attached hydrogens (tertiary/aromatic N) is 3. The number of hydrogen-bond acceptors (Lipinski definition) is 6. The summed E-state index contributed by atoms with van der Waals surface area (Å²) in [6, 6.07) is 5.25. The largest absolute Gasteiger partial charge is 0.496 e. The number of hydrogen-bond donors (Lipinski definition) is 1. The maximum Gasteiger partial charge on any atom is 0.213 e. The first-order valence-corrected chi connectivity index (χ1v) is 10.1. The molecule has 1 aromatic heterocycles. The highest BCUT2D eigenvalue weighted by molar-refractivity contribution is 7.99. The van der Waals surface area contributed by atoms with Gasteiger partial charge in [-0.1, -0.05) is 23.4 Å². The second kappa shape index (κ2) is 8.19. The summed E-state index contributed by atoms with van der Waals surface area (Å²) in [4.78, 5) is 4.40. The van der Waals surface area contributed by atoms with Gasteiger partial charge in [0.1, 0.15) is 5.75 Å². The maximum absolute atomic E-state index is 11.7. The molecule has 0 unspecified atom stereocenters. The quantitative estimate of drug-likeness (QED) is 0.550. The number of benzene rings is 1. The molecule has 0 saturated carbocycles. The molecule has 0 atom stereocenters. The molecule has 0 aliphatic heterocycles. The highest BCUT2D eigenvalue weighted by Crippen LogP contribution is 2.31. The van der Waals surface area contributed by atoms with E-state index in [-0.39, 0.29) is 5.75 Å². The monoisotopic (exact) mass is 390 g/mol. The number of halogens is 1. The van der Waals surface area contributed by atoms with Crippen molar-refractivity contribution in [3.05, 3.63) is 23.2 Å². The van der Waals surface area contributed by atoms with Gasteiger partial charge < -0.3 is 4.74 Å². The smallest absolute Gasteiger partial charge is 0.213 e. The Hall–Kier alpha value is -1.29. The summed E-state index contributed by atoms with van der Waals surface area (Å²) in [5.74, 6) is 1.91. The molecular weight excluding hydrogens is 372 g/mol. The normalized spacial score (nSPS) is 11.9. The van der Waals surface area contributed by atoms with Gasteiger partial charge in [0.15, 0.2) is 5.82 Å². The zero-order valence-corrected chi connectivity index (χ0v) is 16.0. The van der Waals surface area contributed by atoms with Crippen LogP contribution in [0.3, 0.4) is 0 Å². The predicted molar refractivity (Wildman–Crippen MR) is 96.2 cm³/mol. The van der Waals surface area contributed by atoms with E-state index in [2.05, 4.69) is 15.2 Å². The summed E-state index contributed by atoms with van der Waals surface area (Å²) in [6.45, 7) is 0. The zero-order valence-electron chi connectivity index (χ0n) is 13.6. The number of ether oxygens (including phenoxy) is 1. The summed E-state index contributed by atoms with van der Waals surface area (Å²) in [5, 5.41) is 8.11. The van der Waals surface area contributed by atoms with Gasteiger partial charge in [0, 0.05) is 24.9 Å². The Morgan fingerprint density at radius 1 is 1.38 bits per heavy atom. The van der Waals surface area contributed by atoms with Crippen LogP contribution in [0.1, 0.15) is 6.42 Å². The zero-order chi connectivity index (χ0) is 17.7. The van der Waals surface area contributed by atoms with E-state index in [1.165, 1.54) is 30.2 Å². The second-order valence-corrected chi connectivity index (χ2v) is 8.91. The molecule has 0 aliphatic carbocycles. The molecule has 0 saturated heterocycles. The van der Waals surface area contributed by atoms with Crippen molar-refractivity contribution in [2.24, 2.45) is 0 Å². The third-order valence-electron chi connectivity index (χ3n) is 3.22. The van der Waals surface area contributed by atoms with Crippen molar-refractivity contribution in [1.29, 1.82) is 0 Å². The Morgan fingerprint density at radius 3 is 2.79 bits per heavy atom. The van der Waals surface area contributed by atoms with Crippen LogP contribution in [0.2, 0.25) is 5.02 Å². The number of aromatic amines is 1. The van der Waals surface area contributed by atoms with Crippen LogP contribution in [0, 0.1) is 0 Å². The third-order valence-corrected chi connectivity index (χ3v) is 6.30. The van der Waals surface area contributed by atoms with E-state index in [0.29, 0.717) is 33.9 Å². The fourth-order valence-corrected chi connectivity index (χ4v) is 3.85. The van der Waals surface area contributed by atoms with E-state index < -0.39 is 10.0 Å². The van der Waals surface area contributed by atoms with Crippen LogP contribution in [0.15, 0.2) is 23.4 Å². The molecule has 0 radical (unpaired) electrons. The van der Waals surface area contributed by atoms with Gasteiger partial charge >= 0.3 is 0 Å². The minimum Gasteiger partial charge on any atom is -0.496 e. The van der Waals surface area contributed by atoms with E-state index in [1.807, 2.05) is 0 Å². The van der Waals surface area contributed by atoms with Gasteiger partial charge in [-0.05, 0) is 24.6 Å². The van der Waals surface area contributed by atoms with Crippen LogP contribution in [-0.2, 0) is 10.0 Å². The fourth-order valence-electron chi connectivity index (χ4n) is 1.88. The van der Waals surface area contributed by atoms with Crippen molar-refractivity contribution in [1.82, 2.24) is 19.5 Å². The minimum absolute atomic E-state index is 0.104. The lowest BCUT2D eigenvalue weighted by Crippen LogP contribution is -2.25. The molecule has 7 nitrogen and oxygen atoms in total. The number of H-pyrrole nitrogens is 1. The molecule has 1 aromatic carbocycles. The van der Waals surface area contributed by atoms with Gasteiger partial charge in [0.25, 0.3) is 0 Å². The lowest BCUT2D eigenvalue weighted by molar-refractivity contribution is 0.416. The minimum atomic E-state index is -3.16. The fraction of sp³-hybridized carbons (Fsp3) is 0.429. The van der Waals surface area contributed by atoms with Crippen LogP contribution in [-0.4, -0.2) is 60.6 Å². The molecule has 1 N–H and O–H groups in total. The van der Waals surface area contributed by atoms with E-state index in [1.54, 1.807) is 25.3 Å². The van der Waals surface area contributed by atoms with Crippen molar-refractivity contribution in [3.8, 4) is 17.1 Å². The van der Waals surface area contributed by atoms with Crippen LogP contribution >= 0.6 is 23.4 Å². The number of aromatic nitrogens is 3. The highest BCUT2D eigenvalue weighted by atomic mass is 35.5. The Morgan fingerprint density at radius 2 is 2.12 bits per heavy atom. The first-order chi connectivity index (χ1) is 11.3. The highest BCUT2D eigenvalue weighted by Gasteiger charge is 2.14. The van der Waals surface area contributed by atoms with Crippen molar-refractivity contribution in [2.45, 2.75) is 11.6 Å². The number of nitrogens with one attached hydrogen (secondary N) is 1. The average Bonchev–Trinajstić information content (AvgIpc) is 3.00. The molecule has 2 rings (SSSR count). The third kappa shape index (κ3) is 4.85. The lowest BCUT2D eigenvalue weighted by atomic mass is 10.2. The molecule has 2 aromatic rings. The van der Waals surface area contributed by atoms with Crippen molar-refractivity contribution < 1.29 is 13.2 Å². The van der Waals surface area contributed by atoms with E-state index in [0.717, 1.165) is 5.56 Å². The Balaban J connectivity index is 1.98. The first-order valence-electron chi connectivity index (χ1n) is 7.13. The number of rotatable bonds is 8. The summed E-state index contributed by atoms with van der Waals surface area (Å²) < 4.78 is 29.9. The summed E-state index contributed by atoms with van der Waals surface area (Å²) in [7, 11) is 1.47. The number of sulfonamides is 1. The van der Waals surface area contributed by atoms with E-state index in [4.69, 9.17) is 16.3 Å². The van der Waals surface area contributed by atoms with Crippen LogP contribution in [0.4, 0.5) is 0 Å². The predicted octanol–water partition coefficient (Wildman–Crippen LogP) is 2.51. The molecule has 1 heterocycles. The van der Waals surface area contributed by atoms with Gasteiger partial charge in [-0.3, -0.25) is 5.10 Å². The van der Waals surface area contributed by atoms with Crippen LogP contribution in [0.5, 0.6) is 5.75 Å². The standard InChI is InChI=1S/C14H19ClN4O3S2/c1-19(2)24(20,21)8-4-7-23-14-16-13(17-18-14)11-9-10(15)5-6-12(11)22-3/h5-6,9H,4,7-8H2,1-3H3,(H,16,17,18). The summed E-state index contributed by atoms with van der Waals surface area (Å²) in [6.07, 6.45) is 0.523. The maximum atomic E-state index is 11.7. The number of thioether (sulfide) groups is 1. The Labute approximate surface area is 150 Å². The van der Waals surface area contributed by atoms with E-state index in [9.17, 15) is 8.42 Å². The molecule has 0 bridgehead atoms. The molecule has 0 amide bonds. The first kappa shape index (κ1) is 19.0. The average molecular weight is 391 g/mol. The van der Waals surface area contributed by atoms with E-state index >= 15 is 0 Å². The summed E-state index contributed by atoms with van der Waals surface area (Å²) in [5.41, 5.74) is 0.722. The lowest BCUT2D eigenvalue weighted by Gasteiger charge is -2.10. The van der Waals surface area contributed by atoms with Crippen molar-refractivity contribution in [2.75, 3.05) is 32.7 Å². The van der Waals surface area contributed by atoms with Gasteiger partial charge in [0.05, 0.1) is 18.4 Å². The van der Waals surface area contributed by atoms with Gasteiger partial charge in [-0.25, -0.2) is 17.7 Å². The van der Waals surface area contributed by atoms with Gasteiger partial charge in [0.2, 0.25) is 15.2 Å². The van der Waals surface area contributed by atoms with Gasteiger partial charge in [-0.15, -0.1) is 5.10 Å². The number of methoxy groups -OCH3 is 1. The van der Waals surface area contributed by atoms with Crippen LogP contribution < -0.4 is 4.74 Å². The molecular formula is C14H19ClN4O3S2. The molecule has 10 heteroatoms. The molecule has 132 valence electrons. The van der Waals surface area contributed by atoms with Crippen molar-refractivity contribution in [3.63, 3.8) is 0 Å². The van der Waals surface area contributed by atoms with Crippen molar-refractivity contribution >= 4 is 33.4 Å². The summed E-state index contributed by atoms with van der Waals surface area (Å²) >= 11 is 7.41. The SMILES string of the molecule is COc1ccc(Cl)cc1-c1nc(SCCCS(=O)(=O)N(C)C)n[nH]1. The van der Waals surface area contributed by atoms with Crippen LogP contribution in [0.25, 0.3) is 11.4 Å². The molecule has 0 spiro atoms. The molecule has 24 heavy (non-hydrogen) atoms. The Kier molecular flexibility index (Phi) is 6.50. The molecule has 0 aliphatic rings. The topological polar surface area (TPSA) is 88.2 Å². The molecule has 0 fully saturated rings. The Bertz CT molecular complexity index is 793. The van der Waals surface area contributed by atoms with Gasteiger partial charge in [-0.2, -0.15) is 0 Å².